The molecule has 0 bridgehead atoms. The molecule has 2 aromatic carbocycles. The van der Waals surface area contributed by atoms with Gasteiger partial charge < -0.3 is 24.3 Å². The van der Waals surface area contributed by atoms with E-state index in [9.17, 15) is 18.4 Å². The highest BCUT2D eigenvalue weighted by Crippen LogP contribution is 2.52. The number of rotatable bonds is 6. The average molecular weight is 523 g/mol. The van der Waals surface area contributed by atoms with Gasteiger partial charge in [-0.2, -0.15) is 0 Å². The lowest BCUT2D eigenvalue weighted by molar-refractivity contribution is -0.286. The summed E-state index contributed by atoms with van der Waals surface area (Å²) in [5, 5.41) is 3.17. The molecule has 1 N–H and O–H groups in total. The molecule has 2 atom stereocenters. The van der Waals surface area contributed by atoms with Gasteiger partial charge in [-0.05, 0) is 55.7 Å². The first kappa shape index (κ1) is 24.1. The second-order valence-corrected chi connectivity index (χ2v) is 9.51. The first-order valence-electron chi connectivity index (χ1n) is 12.4. The van der Waals surface area contributed by atoms with Gasteiger partial charge in [-0.3, -0.25) is 9.78 Å². The second kappa shape index (κ2) is 8.97. The van der Waals surface area contributed by atoms with Crippen molar-refractivity contribution in [3.8, 4) is 17.2 Å². The van der Waals surface area contributed by atoms with Gasteiger partial charge in [0.25, 0.3) is 0 Å². The van der Waals surface area contributed by atoms with Gasteiger partial charge in [-0.1, -0.05) is 24.3 Å². The fourth-order valence-corrected chi connectivity index (χ4v) is 4.98. The van der Waals surface area contributed by atoms with Crippen molar-refractivity contribution >= 4 is 11.9 Å². The lowest BCUT2D eigenvalue weighted by atomic mass is 9.91. The number of aromatic nitrogens is 1. The summed E-state index contributed by atoms with van der Waals surface area (Å²) in [4.78, 5) is 30.0. The highest BCUT2D eigenvalue weighted by molar-refractivity contribution is 5.92. The summed E-state index contributed by atoms with van der Waals surface area (Å²) in [6, 6.07) is 14.9. The van der Waals surface area contributed by atoms with Crippen LogP contribution in [0, 0.1) is 0 Å². The molecule has 10 heteroatoms. The van der Waals surface area contributed by atoms with E-state index in [2.05, 4.69) is 19.8 Å². The second-order valence-electron chi connectivity index (χ2n) is 9.51. The summed E-state index contributed by atoms with van der Waals surface area (Å²) >= 11 is 0. The summed E-state index contributed by atoms with van der Waals surface area (Å²) in [5.74, 6) is -0.165. The van der Waals surface area contributed by atoms with Crippen LogP contribution >= 0.6 is 0 Å². The number of pyridine rings is 1. The molecule has 3 aliphatic rings. The van der Waals surface area contributed by atoms with E-state index in [4.69, 9.17) is 9.47 Å². The Morgan fingerprint density at radius 1 is 1.05 bits per heavy atom. The number of alkyl halides is 2. The predicted molar refractivity (Wildman–Crippen MR) is 129 cm³/mol. The Morgan fingerprint density at radius 2 is 1.84 bits per heavy atom. The molecule has 1 fully saturated rings. The van der Waals surface area contributed by atoms with E-state index in [1.54, 1.807) is 25.1 Å². The lowest BCUT2D eigenvalue weighted by Gasteiger charge is -2.33. The van der Waals surface area contributed by atoms with Crippen molar-refractivity contribution in [1.29, 1.82) is 0 Å². The summed E-state index contributed by atoms with van der Waals surface area (Å²) in [6.07, 6.45) is -1.15. The molecule has 1 aliphatic carbocycles. The fraction of sp³-hybridized carbons (Fsp3) is 0.321. The molecule has 1 aromatic heterocycles. The SMILES string of the molecule is CCOC(=O)c1ccc([C@H]2C[C@H](NC(=O)C3(c4ccc5c(c4)OC(F)(F)O5)CC3)c3ccccc3O2)nc1. The minimum atomic E-state index is -3.72. The smallest absolute Gasteiger partial charge is 0.484 e. The zero-order chi connectivity index (χ0) is 26.5. The lowest BCUT2D eigenvalue weighted by Crippen LogP contribution is -2.39. The molecular weight excluding hydrogens is 498 g/mol. The number of halogens is 2. The van der Waals surface area contributed by atoms with Gasteiger partial charge in [0.05, 0.1) is 29.3 Å². The number of hydrogen-bond acceptors (Lipinski definition) is 7. The van der Waals surface area contributed by atoms with Crippen LogP contribution in [0.15, 0.2) is 60.8 Å². The topological polar surface area (TPSA) is 96.0 Å². The van der Waals surface area contributed by atoms with Crippen LogP contribution in [0.25, 0.3) is 0 Å². The molecule has 2 aliphatic heterocycles. The number of ether oxygens (including phenoxy) is 4. The number of amides is 1. The van der Waals surface area contributed by atoms with E-state index in [1.807, 2.05) is 24.3 Å². The van der Waals surface area contributed by atoms with Crippen molar-refractivity contribution < 1.29 is 37.3 Å². The molecule has 38 heavy (non-hydrogen) atoms. The number of nitrogens with one attached hydrogen (secondary N) is 1. The standard InChI is InChI=1S/C28H24F2N2O6/c1-2-35-25(33)16-7-9-19(31-15-16)23-14-20(18-5-3-4-6-21(18)36-23)32-26(34)27(11-12-27)17-8-10-22-24(13-17)38-28(29,30)37-22/h3-10,13,15,20,23H,2,11-12,14H2,1H3,(H,32,34)/t20-,23+/m0/s1. The molecule has 6 rings (SSSR count). The summed E-state index contributed by atoms with van der Waals surface area (Å²) < 4.78 is 47.3. The third-order valence-corrected chi connectivity index (χ3v) is 7.08. The van der Waals surface area contributed by atoms with E-state index in [0.717, 1.165) is 5.56 Å². The van der Waals surface area contributed by atoms with Crippen LogP contribution in [0.1, 0.15) is 65.5 Å². The molecule has 0 saturated heterocycles. The number of para-hydroxylation sites is 1. The van der Waals surface area contributed by atoms with Gasteiger partial charge >= 0.3 is 12.3 Å². The van der Waals surface area contributed by atoms with Crippen LogP contribution in [0.5, 0.6) is 17.2 Å². The minimum absolute atomic E-state index is 0.0577. The van der Waals surface area contributed by atoms with Gasteiger partial charge in [0.1, 0.15) is 11.9 Å². The first-order chi connectivity index (χ1) is 18.3. The number of nitrogens with zero attached hydrogens (tertiary/aromatic N) is 1. The highest BCUT2D eigenvalue weighted by Gasteiger charge is 2.53. The third kappa shape index (κ3) is 4.29. The summed E-state index contributed by atoms with van der Waals surface area (Å²) in [7, 11) is 0. The van der Waals surface area contributed by atoms with Gasteiger partial charge in [0.15, 0.2) is 11.5 Å². The quantitative estimate of drug-likeness (QED) is 0.456. The molecule has 1 saturated carbocycles. The third-order valence-electron chi connectivity index (χ3n) is 7.08. The predicted octanol–water partition coefficient (Wildman–Crippen LogP) is 4.99. The largest absolute Gasteiger partial charge is 0.586 e. The van der Waals surface area contributed by atoms with E-state index in [0.29, 0.717) is 41.8 Å². The molecule has 1 amide bonds. The van der Waals surface area contributed by atoms with Crippen molar-refractivity contribution in [2.24, 2.45) is 0 Å². The van der Waals surface area contributed by atoms with E-state index in [1.165, 1.54) is 18.3 Å². The summed E-state index contributed by atoms with van der Waals surface area (Å²) in [5.41, 5.74) is 1.56. The minimum Gasteiger partial charge on any atom is -0.484 e. The van der Waals surface area contributed by atoms with Crippen LogP contribution in [0.3, 0.4) is 0 Å². The van der Waals surface area contributed by atoms with Gasteiger partial charge in [0, 0.05) is 18.2 Å². The van der Waals surface area contributed by atoms with E-state index >= 15 is 0 Å². The van der Waals surface area contributed by atoms with Crippen LogP contribution in [0.2, 0.25) is 0 Å². The Kier molecular flexibility index (Phi) is 5.70. The van der Waals surface area contributed by atoms with Crippen molar-refractivity contribution in [2.45, 2.75) is 50.0 Å². The molecule has 0 radical (unpaired) electrons. The van der Waals surface area contributed by atoms with Gasteiger partial charge in [0.2, 0.25) is 5.91 Å². The molecule has 0 unspecified atom stereocenters. The van der Waals surface area contributed by atoms with Gasteiger partial charge in [-0.25, -0.2) is 4.79 Å². The normalized spacial score (nSPS) is 21.6. The van der Waals surface area contributed by atoms with Crippen LogP contribution in [0.4, 0.5) is 8.78 Å². The van der Waals surface area contributed by atoms with Crippen molar-refractivity contribution in [2.75, 3.05) is 6.61 Å². The molecule has 0 spiro atoms. The number of fused-ring (bicyclic) bond motifs is 2. The van der Waals surface area contributed by atoms with Crippen LogP contribution < -0.4 is 19.5 Å². The fourth-order valence-electron chi connectivity index (χ4n) is 4.98. The zero-order valence-corrected chi connectivity index (χ0v) is 20.4. The Labute approximate surface area is 216 Å². The van der Waals surface area contributed by atoms with Crippen LogP contribution in [-0.2, 0) is 14.9 Å². The van der Waals surface area contributed by atoms with Crippen LogP contribution in [-0.4, -0.2) is 29.8 Å². The number of carbonyl (C=O) groups is 2. The Hall–Kier alpha value is -4.21. The monoisotopic (exact) mass is 522 g/mol. The number of hydrogen-bond donors (Lipinski definition) is 1. The Bertz CT molecular complexity index is 1410. The first-order valence-corrected chi connectivity index (χ1v) is 12.4. The Balaban J connectivity index is 1.23. The molecular formula is C28H24F2N2O6. The van der Waals surface area contributed by atoms with Crippen molar-refractivity contribution in [3.63, 3.8) is 0 Å². The summed E-state index contributed by atoms with van der Waals surface area (Å²) in [6.45, 7) is 2.00. The molecule has 196 valence electrons. The average Bonchev–Trinajstić information content (AvgIpc) is 3.66. The number of benzene rings is 2. The van der Waals surface area contributed by atoms with Crippen molar-refractivity contribution in [3.05, 3.63) is 83.2 Å². The molecule has 3 aromatic rings. The van der Waals surface area contributed by atoms with Gasteiger partial charge in [-0.15, -0.1) is 8.78 Å². The Morgan fingerprint density at radius 3 is 2.58 bits per heavy atom. The number of esters is 1. The molecule has 8 nitrogen and oxygen atoms in total. The van der Waals surface area contributed by atoms with E-state index < -0.39 is 23.8 Å². The highest BCUT2D eigenvalue weighted by atomic mass is 19.3. The molecule has 3 heterocycles. The van der Waals surface area contributed by atoms with E-state index in [-0.39, 0.29) is 30.1 Å². The number of carbonyl (C=O) groups excluding carboxylic acids is 2. The zero-order valence-electron chi connectivity index (χ0n) is 20.4. The maximum absolute atomic E-state index is 13.6. The maximum Gasteiger partial charge on any atom is 0.586 e. The van der Waals surface area contributed by atoms with Crippen molar-refractivity contribution in [1.82, 2.24) is 10.3 Å². The maximum atomic E-state index is 13.6.